The van der Waals surface area contributed by atoms with Gasteiger partial charge in [0.15, 0.2) is 0 Å². The lowest BCUT2D eigenvalue weighted by atomic mass is 9.90. The summed E-state index contributed by atoms with van der Waals surface area (Å²) in [6.07, 6.45) is 2.41. The van der Waals surface area contributed by atoms with Gasteiger partial charge < -0.3 is 15.2 Å². The van der Waals surface area contributed by atoms with Crippen molar-refractivity contribution >= 4 is 12.4 Å². The number of ether oxygens (including phenoxy) is 2. The Labute approximate surface area is 139 Å². The van der Waals surface area contributed by atoms with E-state index in [1.807, 2.05) is 0 Å². The molecule has 2 N–H and O–H groups in total. The maximum atomic E-state index is 6.02. The van der Waals surface area contributed by atoms with E-state index in [1.54, 1.807) is 7.11 Å². The van der Waals surface area contributed by atoms with E-state index >= 15 is 0 Å². The topological polar surface area (TPSA) is 47.7 Å². The van der Waals surface area contributed by atoms with E-state index in [2.05, 4.69) is 30.9 Å². The first kappa shape index (κ1) is 17.4. The summed E-state index contributed by atoms with van der Waals surface area (Å²) in [5.74, 6) is 2.01. The van der Waals surface area contributed by atoms with Crippen LogP contribution >= 0.6 is 12.4 Å². The first-order valence-electron chi connectivity index (χ1n) is 7.82. The molecular formula is C17H27ClN2O2. The fraction of sp³-hybridized carbons (Fsp3) is 0.647. The molecule has 0 aromatic heterocycles. The monoisotopic (exact) mass is 326 g/mol. The van der Waals surface area contributed by atoms with E-state index in [-0.39, 0.29) is 23.9 Å². The van der Waals surface area contributed by atoms with Crippen molar-refractivity contribution in [3.05, 3.63) is 23.3 Å². The molecule has 2 aliphatic heterocycles. The summed E-state index contributed by atoms with van der Waals surface area (Å²) < 4.78 is 11.5. The molecule has 1 saturated heterocycles. The minimum Gasteiger partial charge on any atom is -0.497 e. The van der Waals surface area contributed by atoms with Crippen LogP contribution in [0.4, 0.5) is 0 Å². The number of methoxy groups -OCH3 is 1. The van der Waals surface area contributed by atoms with Crippen molar-refractivity contribution in [3.63, 3.8) is 0 Å². The van der Waals surface area contributed by atoms with Gasteiger partial charge in [-0.1, -0.05) is 6.92 Å². The highest BCUT2D eigenvalue weighted by Crippen LogP contribution is 2.38. The zero-order chi connectivity index (χ0) is 15.0. The van der Waals surface area contributed by atoms with Gasteiger partial charge in [0.2, 0.25) is 0 Å². The van der Waals surface area contributed by atoms with Crippen LogP contribution in [0.15, 0.2) is 12.1 Å². The molecule has 1 fully saturated rings. The zero-order valence-electron chi connectivity index (χ0n) is 13.7. The molecule has 22 heavy (non-hydrogen) atoms. The summed E-state index contributed by atoms with van der Waals surface area (Å²) in [7, 11) is 1.73. The smallest absolute Gasteiger partial charge is 0.127 e. The Morgan fingerprint density at radius 3 is 2.86 bits per heavy atom. The van der Waals surface area contributed by atoms with E-state index in [4.69, 9.17) is 15.2 Å². The van der Waals surface area contributed by atoms with Gasteiger partial charge in [-0.25, -0.2) is 0 Å². The Hall–Kier alpha value is -0.970. The van der Waals surface area contributed by atoms with Gasteiger partial charge in [0.25, 0.3) is 0 Å². The number of hydrogen-bond acceptors (Lipinski definition) is 4. The van der Waals surface area contributed by atoms with Crippen LogP contribution in [0.3, 0.4) is 0 Å². The van der Waals surface area contributed by atoms with Gasteiger partial charge >= 0.3 is 0 Å². The van der Waals surface area contributed by atoms with Crippen molar-refractivity contribution < 1.29 is 9.47 Å². The van der Waals surface area contributed by atoms with Crippen molar-refractivity contribution in [2.45, 2.75) is 39.3 Å². The summed E-state index contributed by atoms with van der Waals surface area (Å²) in [5, 5.41) is 0. The fourth-order valence-corrected chi connectivity index (χ4v) is 3.48. The Morgan fingerprint density at radius 2 is 2.23 bits per heavy atom. The van der Waals surface area contributed by atoms with Crippen LogP contribution < -0.4 is 15.2 Å². The average Bonchev–Trinajstić information content (AvgIpc) is 3.02. The van der Waals surface area contributed by atoms with Crippen LogP contribution in [-0.4, -0.2) is 37.7 Å². The summed E-state index contributed by atoms with van der Waals surface area (Å²) in [5.41, 5.74) is 8.69. The van der Waals surface area contributed by atoms with Gasteiger partial charge in [-0.3, -0.25) is 4.90 Å². The SMILES string of the molecule is COc1cc2c(c(CN3CCC(C)(CN)C3)c1)OC(C)C2.Cl. The quantitative estimate of drug-likeness (QED) is 0.924. The first-order chi connectivity index (χ1) is 10.0. The normalized spacial score (nSPS) is 27.2. The minimum absolute atomic E-state index is 0. The number of halogens is 1. The number of nitrogens with zero attached hydrogens (tertiary/aromatic N) is 1. The summed E-state index contributed by atoms with van der Waals surface area (Å²) in [4.78, 5) is 2.48. The van der Waals surface area contributed by atoms with Crippen LogP contribution in [0.1, 0.15) is 31.4 Å². The molecule has 1 aromatic carbocycles. The third-order valence-electron chi connectivity index (χ3n) is 4.80. The summed E-state index contributed by atoms with van der Waals surface area (Å²) in [6.45, 7) is 8.24. The number of likely N-dealkylation sites (tertiary alicyclic amines) is 1. The molecule has 2 unspecified atom stereocenters. The Morgan fingerprint density at radius 1 is 1.45 bits per heavy atom. The maximum absolute atomic E-state index is 6.02. The molecule has 2 heterocycles. The number of rotatable bonds is 4. The lowest BCUT2D eigenvalue weighted by molar-refractivity contribution is 0.241. The lowest BCUT2D eigenvalue weighted by Crippen LogP contribution is -2.31. The van der Waals surface area contributed by atoms with Gasteiger partial charge in [0, 0.05) is 30.6 Å². The van der Waals surface area contributed by atoms with E-state index in [9.17, 15) is 0 Å². The molecule has 2 atom stereocenters. The fourth-order valence-electron chi connectivity index (χ4n) is 3.48. The van der Waals surface area contributed by atoms with Crippen molar-refractivity contribution in [2.24, 2.45) is 11.1 Å². The van der Waals surface area contributed by atoms with Gasteiger partial charge in [0.1, 0.15) is 17.6 Å². The predicted octanol–water partition coefficient (Wildman–Crippen LogP) is 2.61. The van der Waals surface area contributed by atoms with Crippen LogP contribution in [-0.2, 0) is 13.0 Å². The molecule has 1 aromatic rings. The van der Waals surface area contributed by atoms with Gasteiger partial charge in [-0.15, -0.1) is 12.4 Å². The summed E-state index contributed by atoms with van der Waals surface area (Å²) in [6, 6.07) is 4.23. The largest absolute Gasteiger partial charge is 0.497 e. The molecule has 2 aliphatic rings. The molecule has 0 aliphatic carbocycles. The highest BCUT2D eigenvalue weighted by atomic mass is 35.5. The zero-order valence-corrected chi connectivity index (χ0v) is 14.5. The molecule has 0 bridgehead atoms. The number of benzene rings is 1. The first-order valence-corrected chi connectivity index (χ1v) is 7.82. The predicted molar refractivity (Wildman–Crippen MR) is 91.1 cm³/mol. The van der Waals surface area contributed by atoms with E-state index in [0.717, 1.165) is 44.1 Å². The average molecular weight is 327 g/mol. The molecular weight excluding hydrogens is 300 g/mol. The van der Waals surface area contributed by atoms with Crippen LogP contribution in [0, 0.1) is 5.41 Å². The Kier molecular flexibility index (Phi) is 5.25. The third-order valence-corrected chi connectivity index (χ3v) is 4.80. The standard InChI is InChI=1S/C17H26N2O2.ClH/c1-12-6-13-7-15(20-3)8-14(16(13)21-12)9-19-5-4-17(2,10-18)11-19;/h7-8,12H,4-6,9-11,18H2,1-3H3;1H. The highest BCUT2D eigenvalue weighted by molar-refractivity contribution is 5.85. The second-order valence-electron chi connectivity index (χ2n) is 6.88. The van der Waals surface area contributed by atoms with Crippen molar-refractivity contribution in [1.82, 2.24) is 4.90 Å². The minimum atomic E-state index is 0. The number of hydrogen-bond donors (Lipinski definition) is 1. The lowest BCUT2D eigenvalue weighted by Gasteiger charge is -2.23. The van der Waals surface area contributed by atoms with E-state index < -0.39 is 0 Å². The van der Waals surface area contributed by atoms with E-state index in [0.29, 0.717) is 0 Å². The second-order valence-corrected chi connectivity index (χ2v) is 6.88. The van der Waals surface area contributed by atoms with Gasteiger partial charge in [-0.05, 0) is 44.0 Å². The number of fused-ring (bicyclic) bond motifs is 1. The second kappa shape index (κ2) is 6.65. The van der Waals surface area contributed by atoms with Crippen LogP contribution in [0.25, 0.3) is 0 Å². The molecule has 0 amide bonds. The molecule has 0 radical (unpaired) electrons. The number of nitrogens with two attached hydrogens (primary N) is 1. The van der Waals surface area contributed by atoms with Gasteiger partial charge in [0.05, 0.1) is 7.11 Å². The van der Waals surface area contributed by atoms with Gasteiger partial charge in [-0.2, -0.15) is 0 Å². The Bertz CT molecular complexity index is 538. The third kappa shape index (κ3) is 3.34. The van der Waals surface area contributed by atoms with Crippen LogP contribution in [0.5, 0.6) is 11.5 Å². The van der Waals surface area contributed by atoms with Crippen molar-refractivity contribution in [2.75, 3.05) is 26.7 Å². The molecule has 0 saturated carbocycles. The van der Waals surface area contributed by atoms with Crippen LogP contribution in [0.2, 0.25) is 0 Å². The maximum Gasteiger partial charge on any atom is 0.127 e. The van der Waals surface area contributed by atoms with Crippen molar-refractivity contribution in [3.8, 4) is 11.5 Å². The summed E-state index contributed by atoms with van der Waals surface area (Å²) >= 11 is 0. The molecule has 3 rings (SSSR count). The Balaban J connectivity index is 0.00000176. The molecule has 4 nitrogen and oxygen atoms in total. The molecule has 5 heteroatoms. The van der Waals surface area contributed by atoms with E-state index in [1.165, 1.54) is 17.5 Å². The highest BCUT2D eigenvalue weighted by Gasteiger charge is 2.33. The molecule has 124 valence electrons. The van der Waals surface area contributed by atoms with Crippen molar-refractivity contribution in [1.29, 1.82) is 0 Å². The molecule has 0 spiro atoms.